The third kappa shape index (κ3) is 2.44. The molecule has 0 aromatic carbocycles. The molecule has 112 valence electrons. The third-order valence-electron chi connectivity index (χ3n) is 3.57. The Labute approximate surface area is 125 Å². The fourth-order valence-electron chi connectivity index (χ4n) is 2.48. The van der Waals surface area contributed by atoms with Gasteiger partial charge in [-0.25, -0.2) is 18.7 Å². The van der Waals surface area contributed by atoms with Crippen molar-refractivity contribution in [2.45, 2.75) is 25.3 Å². The van der Waals surface area contributed by atoms with E-state index >= 15 is 0 Å². The first kappa shape index (κ1) is 14.2. The first-order valence-corrected chi connectivity index (χ1v) is 6.71. The maximum Gasteiger partial charge on any atom is 0.266 e. The van der Waals surface area contributed by atoms with Crippen LogP contribution in [0.15, 0.2) is 37.1 Å². The summed E-state index contributed by atoms with van der Waals surface area (Å²) in [5, 5.41) is 9.60. The first-order valence-electron chi connectivity index (χ1n) is 6.71. The van der Waals surface area contributed by atoms with E-state index in [0.717, 1.165) is 12.3 Å². The summed E-state index contributed by atoms with van der Waals surface area (Å²) in [7, 11) is 0. The van der Waals surface area contributed by atoms with Crippen molar-refractivity contribution in [3.8, 4) is 17.3 Å². The summed E-state index contributed by atoms with van der Waals surface area (Å²) in [6.07, 6.45) is 6.05. The number of nitrogens with one attached hydrogen (secondary N) is 1. The van der Waals surface area contributed by atoms with Gasteiger partial charge in [-0.1, -0.05) is 0 Å². The molecule has 0 aliphatic carbocycles. The van der Waals surface area contributed by atoms with Crippen LogP contribution in [-0.2, 0) is 0 Å². The number of alkyl halides is 2. The van der Waals surface area contributed by atoms with E-state index in [9.17, 15) is 8.78 Å². The van der Waals surface area contributed by atoms with Crippen molar-refractivity contribution in [1.82, 2.24) is 19.5 Å². The van der Waals surface area contributed by atoms with Crippen LogP contribution in [0, 0.1) is 11.3 Å². The van der Waals surface area contributed by atoms with Gasteiger partial charge in [0, 0.05) is 36.5 Å². The van der Waals surface area contributed by atoms with E-state index in [0.29, 0.717) is 16.9 Å². The number of nitriles is 1. The maximum absolute atomic E-state index is 13.7. The van der Waals surface area contributed by atoms with E-state index in [-0.39, 0.29) is 6.42 Å². The number of fused-ring (bicyclic) bond motifs is 1. The predicted octanol–water partition coefficient (Wildman–Crippen LogP) is 3.54. The maximum atomic E-state index is 13.7. The van der Waals surface area contributed by atoms with Crippen LogP contribution >= 0.6 is 0 Å². The predicted molar refractivity (Wildman–Crippen MR) is 77.2 cm³/mol. The van der Waals surface area contributed by atoms with Gasteiger partial charge in [-0.05, 0) is 12.1 Å². The van der Waals surface area contributed by atoms with Gasteiger partial charge in [-0.3, -0.25) is 0 Å². The Hall–Kier alpha value is -2.75. The molecule has 5 nitrogen and oxygen atoms in total. The number of aromatic nitrogens is 4. The summed E-state index contributed by atoms with van der Waals surface area (Å²) in [6.45, 7) is 0.823. The molecule has 0 aliphatic heterocycles. The van der Waals surface area contributed by atoms with Gasteiger partial charge in [0.05, 0.1) is 18.2 Å². The number of hydrogen-bond donors (Lipinski definition) is 1. The molecule has 1 atom stereocenters. The summed E-state index contributed by atoms with van der Waals surface area (Å²) in [5.74, 6) is -2.99. The van der Waals surface area contributed by atoms with E-state index < -0.39 is 12.0 Å². The third-order valence-corrected chi connectivity index (χ3v) is 3.57. The molecular weight excluding hydrogens is 288 g/mol. The van der Waals surface area contributed by atoms with Crippen molar-refractivity contribution in [1.29, 1.82) is 5.26 Å². The topological polar surface area (TPSA) is 70.3 Å². The van der Waals surface area contributed by atoms with Crippen LogP contribution in [0.1, 0.15) is 19.4 Å². The van der Waals surface area contributed by atoms with E-state index in [1.807, 2.05) is 12.1 Å². The minimum Gasteiger partial charge on any atom is -0.346 e. The highest BCUT2D eigenvalue weighted by atomic mass is 19.3. The second kappa shape index (κ2) is 5.22. The Morgan fingerprint density at radius 1 is 1.41 bits per heavy atom. The smallest absolute Gasteiger partial charge is 0.266 e. The van der Waals surface area contributed by atoms with E-state index in [4.69, 9.17) is 5.26 Å². The molecule has 22 heavy (non-hydrogen) atoms. The van der Waals surface area contributed by atoms with E-state index in [2.05, 4.69) is 15.0 Å². The Kier molecular flexibility index (Phi) is 3.37. The molecule has 0 unspecified atom stereocenters. The Bertz CT molecular complexity index is 837. The molecule has 0 fully saturated rings. The molecule has 0 saturated carbocycles. The molecule has 0 spiro atoms. The molecule has 3 aromatic rings. The number of H-pyrrole nitrogens is 1. The van der Waals surface area contributed by atoms with Gasteiger partial charge in [0.1, 0.15) is 18.0 Å². The summed E-state index contributed by atoms with van der Waals surface area (Å²) in [4.78, 5) is 11.3. The van der Waals surface area contributed by atoms with Gasteiger partial charge in [-0.15, -0.1) is 0 Å². The average Bonchev–Trinajstić information content (AvgIpc) is 3.11. The van der Waals surface area contributed by atoms with Crippen molar-refractivity contribution in [3.63, 3.8) is 0 Å². The minimum absolute atomic E-state index is 0.263. The second-order valence-electron chi connectivity index (χ2n) is 5.14. The first-order chi connectivity index (χ1) is 10.5. The zero-order valence-electron chi connectivity index (χ0n) is 11.8. The van der Waals surface area contributed by atoms with Crippen molar-refractivity contribution in [2.24, 2.45) is 0 Å². The van der Waals surface area contributed by atoms with Crippen molar-refractivity contribution in [3.05, 3.63) is 37.1 Å². The number of aromatic amines is 1. The minimum atomic E-state index is -2.99. The van der Waals surface area contributed by atoms with Crippen LogP contribution in [0.3, 0.4) is 0 Å². The van der Waals surface area contributed by atoms with Gasteiger partial charge >= 0.3 is 0 Å². The standard InChI is InChI=1S/C15H13F2N5/c1-15(16,17)12(2-5-18)22-7-4-10(8-22)13-11-3-6-19-14(11)21-9-20-13/h3-4,6-9,12H,2H2,1H3,(H,19,20,21)/t12-/m1/s1. The number of halogens is 2. The highest BCUT2D eigenvalue weighted by Crippen LogP contribution is 2.33. The van der Waals surface area contributed by atoms with Gasteiger partial charge in [0.25, 0.3) is 5.92 Å². The van der Waals surface area contributed by atoms with Crippen LogP contribution in [0.25, 0.3) is 22.3 Å². The van der Waals surface area contributed by atoms with E-state index in [1.54, 1.807) is 24.7 Å². The molecule has 7 heteroatoms. The van der Waals surface area contributed by atoms with Gasteiger partial charge in [0.15, 0.2) is 0 Å². The normalized spacial score (nSPS) is 13.2. The molecule has 0 radical (unpaired) electrons. The van der Waals surface area contributed by atoms with Gasteiger partial charge in [-0.2, -0.15) is 5.26 Å². The van der Waals surface area contributed by atoms with Crippen molar-refractivity contribution >= 4 is 11.0 Å². The second-order valence-corrected chi connectivity index (χ2v) is 5.14. The van der Waals surface area contributed by atoms with Gasteiger partial charge < -0.3 is 9.55 Å². The molecule has 1 N–H and O–H groups in total. The van der Waals surface area contributed by atoms with Gasteiger partial charge in [0.2, 0.25) is 0 Å². The molecule has 3 heterocycles. The average molecular weight is 301 g/mol. The Morgan fingerprint density at radius 3 is 2.95 bits per heavy atom. The zero-order chi connectivity index (χ0) is 15.7. The molecule has 0 saturated heterocycles. The summed E-state index contributed by atoms with van der Waals surface area (Å²) in [5.41, 5.74) is 2.06. The molecule has 3 aromatic heterocycles. The summed E-state index contributed by atoms with van der Waals surface area (Å²) in [6, 6.07) is 4.17. The van der Waals surface area contributed by atoms with E-state index in [1.165, 1.54) is 10.9 Å². The summed E-state index contributed by atoms with van der Waals surface area (Å²) >= 11 is 0. The quantitative estimate of drug-likeness (QED) is 0.801. The monoisotopic (exact) mass is 301 g/mol. The molecule has 0 amide bonds. The lowest BCUT2D eigenvalue weighted by Gasteiger charge is -2.22. The van der Waals surface area contributed by atoms with Crippen LogP contribution in [0.5, 0.6) is 0 Å². The Morgan fingerprint density at radius 2 is 2.23 bits per heavy atom. The Balaban J connectivity index is 2.04. The number of rotatable bonds is 4. The lowest BCUT2D eigenvalue weighted by atomic mass is 10.1. The van der Waals surface area contributed by atoms with Crippen LogP contribution < -0.4 is 0 Å². The lowest BCUT2D eigenvalue weighted by Crippen LogP contribution is -2.26. The zero-order valence-corrected chi connectivity index (χ0v) is 11.8. The highest BCUT2D eigenvalue weighted by Gasteiger charge is 2.35. The fraction of sp³-hybridized carbons (Fsp3) is 0.267. The number of nitrogens with zero attached hydrogens (tertiary/aromatic N) is 4. The molecule has 0 bridgehead atoms. The highest BCUT2D eigenvalue weighted by molar-refractivity contribution is 5.90. The van der Waals surface area contributed by atoms with Crippen LogP contribution in [0.2, 0.25) is 0 Å². The SMILES string of the molecule is CC(F)(F)[C@@H](CC#N)n1ccc(-c2ncnc3[nH]ccc23)c1. The van der Waals surface area contributed by atoms with Crippen LogP contribution in [-0.4, -0.2) is 25.4 Å². The molecular formula is C15H13F2N5. The lowest BCUT2D eigenvalue weighted by molar-refractivity contribution is -0.0310. The fourth-order valence-corrected chi connectivity index (χ4v) is 2.48. The molecule has 0 aliphatic rings. The van der Waals surface area contributed by atoms with Crippen molar-refractivity contribution < 1.29 is 8.78 Å². The molecule has 3 rings (SSSR count). The summed E-state index contributed by atoms with van der Waals surface area (Å²) < 4.78 is 28.7. The van der Waals surface area contributed by atoms with Crippen molar-refractivity contribution in [2.75, 3.05) is 0 Å². The number of hydrogen-bond acceptors (Lipinski definition) is 3. The van der Waals surface area contributed by atoms with Crippen LogP contribution in [0.4, 0.5) is 8.78 Å². The largest absolute Gasteiger partial charge is 0.346 e.